The Morgan fingerprint density at radius 2 is 2.11 bits per heavy atom. The van der Waals surface area contributed by atoms with Gasteiger partial charge in [-0.15, -0.1) is 11.3 Å². The highest BCUT2D eigenvalue weighted by Crippen LogP contribution is 2.26. The summed E-state index contributed by atoms with van der Waals surface area (Å²) in [6.45, 7) is 7.29. The first-order valence-electron chi connectivity index (χ1n) is 6.28. The van der Waals surface area contributed by atoms with Crippen molar-refractivity contribution in [2.24, 2.45) is 0 Å². The molecule has 4 heteroatoms. The van der Waals surface area contributed by atoms with Crippen molar-refractivity contribution < 1.29 is 0 Å². The molecule has 1 atom stereocenters. The molecule has 0 aliphatic carbocycles. The highest BCUT2D eigenvalue weighted by Gasteiger charge is 2.16. The Balaban J connectivity index is 2.30. The lowest BCUT2D eigenvalue weighted by Gasteiger charge is -2.17. The molecule has 0 fully saturated rings. The third-order valence-electron chi connectivity index (χ3n) is 2.75. The maximum atomic E-state index is 4.35. The number of nitrogens with zero attached hydrogens (tertiary/aromatic N) is 2. The lowest BCUT2D eigenvalue weighted by Crippen LogP contribution is -2.22. The molecule has 18 heavy (non-hydrogen) atoms. The molecule has 96 valence electrons. The Labute approximate surface area is 112 Å². The zero-order valence-corrected chi connectivity index (χ0v) is 11.9. The predicted molar refractivity (Wildman–Crippen MR) is 76.0 cm³/mol. The van der Waals surface area contributed by atoms with E-state index in [4.69, 9.17) is 0 Å². The van der Waals surface area contributed by atoms with Crippen LogP contribution in [-0.2, 0) is 0 Å². The van der Waals surface area contributed by atoms with Crippen LogP contribution in [0, 0.1) is 13.8 Å². The summed E-state index contributed by atoms with van der Waals surface area (Å²) in [6.07, 6.45) is 6.91. The third kappa shape index (κ3) is 3.15. The van der Waals surface area contributed by atoms with E-state index < -0.39 is 0 Å². The van der Waals surface area contributed by atoms with Crippen molar-refractivity contribution >= 4 is 11.3 Å². The molecule has 2 aromatic heterocycles. The summed E-state index contributed by atoms with van der Waals surface area (Å²) >= 11 is 1.75. The van der Waals surface area contributed by atoms with Crippen LogP contribution >= 0.6 is 11.3 Å². The molecule has 0 aliphatic rings. The molecule has 0 bridgehead atoms. The van der Waals surface area contributed by atoms with Gasteiger partial charge in [-0.05, 0) is 37.9 Å². The molecular weight excluding hydrogens is 242 g/mol. The highest BCUT2D eigenvalue weighted by atomic mass is 32.1. The van der Waals surface area contributed by atoms with E-state index in [1.165, 1.54) is 16.0 Å². The Kier molecular flexibility index (Phi) is 4.44. The van der Waals surface area contributed by atoms with E-state index in [1.54, 1.807) is 11.3 Å². The first-order valence-corrected chi connectivity index (χ1v) is 7.09. The Morgan fingerprint density at radius 3 is 2.72 bits per heavy atom. The van der Waals surface area contributed by atoms with Gasteiger partial charge < -0.3 is 5.32 Å². The standard InChI is InChI=1S/C14H19N3S/c1-4-5-16-14(13-9-17-11(3)18-13)12-6-10(2)7-15-8-12/h6-9,14,16H,4-5H2,1-3H3. The van der Waals surface area contributed by atoms with Crippen LogP contribution in [0.25, 0.3) is 0 Å². The van der Waals surface area contributed by atoms with Crippen LogP contribution in [0.5, 0.6) is 0 Å². The summed E-state index contributed by atoms with van der Waals surface area (Å²) < 4.78 is 0. The molecule has 0 spiro atoms. The summed E-state index contributed by atoms with van der Waals surface area (Å²) in [5.41, 5.74) is 2.41. The molecule has 0 aromatic carbocycles. The smallest absolute Gasteiger partial charge is 0.0897 e. The second-order valence-electron chi connectivity index (χ2n) is 4.46. The number of pyridine rings is 1. The van der Waals surface area contributed by atoms with Gasteiger partial charge in [-0.25, -0.2) is 4.98 Å². The minimum absolute atomic E-state index is 0.212. The van der Waals surface area contributed by atoms with Crippen LogP contribution in [0.4, 0.5) is 0 Å². The average Bonchev–Trinajstić information content (AvgIpc) is 2.76. The van der Waals surface area contributed by atoms with Gasteiger partial charge in [-0.2, -0.15) is 0 Å². The average molecular weight is 261 g/mol. The fourth-order valence-corrected chi connectivity index (χ4v) is 2.81. The second kappa shape index (κ2) is 6.07. The van der Waals surface area contributed by atoms with E-state index in [0.29, 0.717) is 0 Å². The minimum atomic E-state index is 0.212. The van der Waals surface area contributed by atoms with E-state index in [1.807, 2.05) is 25.5 Å². The normalized spacial score (nSPS) is 12.6. The van der Waals surface area contributed by atoms with Crippen LogP contribution in [0.15, 0.2) is 24.7 Å². The first-order chi connectivity index (χ1) is 8.70. The molecule has 2 heterocycles. The van der Waals surface area contributed by atoms with Gasteiger partial charge >= 0.3 is 0 Å². The zero-order chi connectivity index (χ0) is 13.0. The maximum Gasteiger partial charge on any atom is 0.0897 e. The van der Waals surface area contributed by atoms with E-state index in [0.717, 1.165) is 18.0 Å². The second-order valence-corrected chi connectivity index (χ2v) is 5.73. The van der Waals surface area contributed by atoms with E-state index >= 15 is 0 Å². The first kappa shape index (κ1) is 13.2. The van der Waals surface area contributed by atoms with Gasteiger partial charge in [-0.1, -0.05) is 13.0 Å². The van der Waals surface area contributed by atoms with Crippen molar-refractivity contribution in [3.8, 4) is 0 Å². The molecule has 0 saturated carbocycles. The number of aromatic nitrogens is 2. The van der Waals surface area contributed by atoms with Crippen molar-refractivity contribution in [2.75, 3.05) is 6.54 Å². The van der Waals surface area contributed by atoms with Crippen molar-refractivity contribution in [3.63, 3.8) is 0 Å². The molecule has 2 rings (SSSR count). The fraction of sp³-hybridized carbons (Fsp3) is 0.429. The number of rotatable bonds is 5. The minimum Gasteiger partial charge on any atom is -0.306 e. The molecule has 1 unspecified atom stereocenters. The number of hydrogen-bond donors (Lipinski definition) is 1. The SMILES string of the molecule is CCCNC(c1cncc(C)c1)c1cnc(C)s1. The van der Waals surface area contributed by atoms with Gasteiger partial charge in [0.05, 0.1) is 11.0 Å². The van der Waals surface area contributed by atoms with E-state index in [-0.39, 0.29) is 6.04 Å². The topological polar surface area (TPSA) is 37.8 Å². The molecule has 0 amide bonds. The number of nitrogens with one attached hydrogen (secondary N) is 1. The summed E-state index contributed by atoms with van der Waals surface area (Å²) in [5, 5.41) is 4.68. The number of aryl methyl sites for hydroxylation is 2. The largest absolute Gasteiger partial charge is 0.306 e. The van der Waals surface area contributed by atoms with Crippen LogP contribution < -0.4 is 5.32 Å². The highest BCUT2D eigenvalue weighted by molar-refractivity contribution is 7.11. The quantitative estimate of drug-likeness (QED) is 0.898. The molecule has 1 N–H and O–H groups in total. The number of thiazole rings is 1. The predicted octanol–water partition coefficient (Wildman–Crippen LogP) is 3.24. The molecule has 0 radical (unpaired) electrons. The van der Waals surface area contributed by atoms with Crippen LogP contribution in [0.1, 0.15) is 40.4 Å². The summed E-state index contributed by atoms with van der Waals surface area (Å²) in [4.78, 5) is 9.90. The maximum absolute atomic E-state index is 4.35. The monoisotopic (exact) mass is 261 g/mol. The Bertz CT molecular complexity index is 507. The molecular formula is C14H19N3S. The van der Waals surface area contributed by atoms with E-state index in [2.05, 4.69) is 35.2 Å². The van der Waals surface area contributed by atoms with Gasteiger partial charge in [0.2, 0.25) is 0 Å². The van der Waals surface area contributed by atoms with Crippen molar-refractivity contribution in [1.82, 2.24) is 15.3 Å². The molecule has 2 aromatic rings. The van der Waals surface area contributed by atoms with Gasteiger partial charge in [0.15, 0.2) is 0 Å². The van der Waals surface area contributed by atoms with Gasteiger partial charge in [0, 0.05) is 23.5 Å². The van der Waals surface area contributed by atoms with Crippen molar-refractivity contribution in [3.05, 3.63) is 45.7 Å². The third-order valence-corrected chi connectivity index (χ3v) is 3.73. The van der Waals surface area contributed by atoms with Gasteiger partial charge in [0.25, 0.3) is 0 Å². The summed E-state index contributed by atoms with van der Waals surface area (Å²) in [7, 11) is 0. The summed E-state index contributed by atoms with van der Waals surface area (Å²) in [5.74, 6) is 0. The van der Waals surface area contributed by atoms with Gasteiger partial charge in [-0.3, -0.25) is 4.98 Å². The van der Waals surface area contributed by atoms with Crippen molar-refractivity contribution in [1.29, 1.82) is 0 Å². The fourth-order valence-electron chi connectivity index (χ4n) is 1.92. The number of hydrogen-bond acceptors (Lipinski definition) is 4. The van der Waals surface area contributed by atoms with Crippen LogP contribution in [0.3, 0.4) is 0 Å². The molecule has 0 aliphatic heterocycles. The van der Waals surface area contributed by atoms with E-state index in [9.17, 15) is 0 Å². The van der Waals surface area contributed by atoms with Crippen LogP contribution in [-0.4, -0.2) is 16.5 Å². The Morgan fingerprint density at radius 1 is 1.28 bits per heavy atom. The van der Waals surface area contributed by atoms with Crippen molar-refractivity contribution in [2.45, 2.75) is 33.2 Å². The van der Waals surface area contributed by atoms with Crippen LogP contribution in [0.2, 0.25) is 0 Å². The van der Waals surface area contributed by atoms with Gasteiger partial charge in [0.1, 0.15) is 0 Å². The molecule has 0 saturated heterocycles. The zero-order valence-electron chi connectivity index (χ0n) is 11.1. The molecule has 3 nitrogen and oxygen atoms in total. The lowest BCUT2D eigenvalue weighted by atomic mass is 10.1. The Hall–Kier alpha value is -1.26. The summed E-state index contributed by atoms with van der Waals surface area (Å²) in [6, 6.07) is 2.40. The lowest BCUT2D eigenvalue weighted by molar-refractivity contribution is 0.603.